The molecule has 2 heterocycles. The van der Waals surface area contributed by atoms with Gasteiger partial charge in [-0.2, -0.15) is 0 Å². The Kier molecular flexibility index (Phi) is 6.31. The van der Waals surface area contributed by atoms with Crippen LogP contribution in [0, 0.1) is 12.8 Å². The van der Waals surface area contributed by atoms with Crippen LogP contribution in [0.3, 0.4) is 0 Å². The van der Waals surface area contributed by atoms with Crippen molar-refractivity contribution in [3.8, 4) is 0 Å². The van der Waals surface area contributed by atoms with E-state index in [1.807, 2.05) is 11.4 Å². The Morgan fingerprint density at radius 2 is 1.83 bits per heavy atom. The maximum Gasteiger partial charge on any atom is 0.234 e. The fraction of sp³-hybridized carbons (Fsp3) is 0.478. The smallest absolute Gasteiger partial charge is 0.234 e. The molecule has 29 heavy (non-hydrogen) atoms. The van der Waals surface area contributed by atoms with E-state index in [2.05, 4.69) is 52.8 Å². The van der Waals surface area contributed by atoms with E-state index in [9.17, 15) is 9.59 Å². The van der Waals surface area contributed by atoms with Gasteiger partial charge in [-0.3, -0.25) is 14.5 Å². The molecule has 2 amide bonds. The van der Waals surface area contributed by atoms with Crippen molar-refractivity contribution in [2.24, 2.45) is 5.92 Å². The Balaban J connectivity index is 1.31. The molecule has 5 nitrogen and oxygen atoms in total. The van der Waals surface area contributed by atoms with Crippen LogP contribution in [0.15, 0.2) is 41.8 Å². The number of hydrogen-bond acceptors (Lipinski definition) is 4. The minimum absolute atomic E-state index is 0.0323. The van der Waals surface area contributed by atoms with E-state index in [1.165, 1.54) is 5.56 Å². The normalized spacial score (nSPS) is 18.9. The van der Waals surface area contributed by atoms with Gasteiger partial charge in [-0.15, -0.1) is 11.3 Å². The molecule has 4 rings (SSSR count). The molecule has 2 aliphatic rings. The summed E-state index contributed by atoms with van der Waals surface area (Å²) in [5, 5.41) is 8.37. The highest BCUT2D eigenvalue weighted by atomic mass is 32.1. The van der Waals surface area contributed by atoms with E-state index in [1.54, 1.807) is 11.3 Å². The highest BCUT2D eigenvalue weighted by molar-refractivity contribution is 7.10. The van der Waals surface area contributed by atoms with Crippen molar-refractivity contribution in [3.05, 3.63) is 57.8 Å². The van der Waals surface area contributed by atoms with Gasteiger partial charge in [-0.25, -0.2) is 0 Å². The fourth-order valence-corrected chi connectivity index (χ4v) is 4.65. The van der Waals surface area contributed by atoms with Crippen LogP contribution in [0.25, 0.3) is 0 Å². The van der Waals surface area contributed by atoms with Crippen molar-refractivity contribution >= 4 is 23.2 Å². The molecular weight excluding hydrogens is 382 g/mol. The number of amides is 2. The molecule has 1 atom stereocenters. The first kappa shape index (κ1) is 20.1. The summed E-state index contributed by atoms with van der Waals surface area (Å²) in [5.41, 5.74) is 2.31. The SMILES string of the molecule is Cc1ccc(C(NC(=O)CN2CCC(C(=O)NC3CC3)CC2)c2cccs2)cc1. The molecule has 2 N–H and O–H groups in total. The fourth-order valence-electron chi connectivity index (χ4n) is 3.84. The molecule has 0 radical (unpaired) electrons. The molecule has 2 fully saturated rings. The number of piperidine rings is 1. The van der Waals surface area contributed by atoms with Crippen LogP contribution in [-0.2, 0) is 9.59 Å². The third kappa shape index (κ3) is 5.46. The van der Waals surface area contributed by atoms with Gasteiger partial charge in [0, 0.05) is 16.8 Å². The van der Waals surface area contributed by atoms with Crippen LogP contribution in [0.4, 0.5) is 0 Å². The van der Waals surface area contributed by atoms with Gasteiger partial charge >= 0.3 is 0 Å². The number of nitrogens with one attached hydrogen (secondary N) is 2. The first-order chi connectivity index (χ1) is 14.1. The van der Waals surface area contributed by atoms with E-state index in [0.29, 0.717) is 12.6 Å². The molecule has 1 saturated carbocycles. The Morgan fingerprint density at radius 1 is 1.10 bits per heavy atom. The Hall–Kier alpha value is -2.18. The summed E-state index contributed by atoms with van der Waals surface area (Å²) >= 11 is 1.66. The summed E-state index contributed by atoms with van der Waals surface area (Å²) in [7, 11) is 0. The molecule has 6 heteroatoms. The largest absolute Gasteiger partial charge is 0.353 e. The van der Waals surface area contributed by atoms with Crippen LogP contribution in [-0.4, -0.2) is 42.4 Å². The number of carbonyl (C=O) groups is 2. The topological polar surface area (TPSA) is 61.4 Å². The zero-order valence-electron chi connectivity index (χ0n) is 16.9. The van der Waals surface area contributed by atoms with Crippen molar-refractivity contribution < 1.29 is 9.59 Å². The number of benzene rings is 1. The van der Waals surface area contributed by atoms with Crippen molar-refractivity contribution in [3.63, 3.8) is 0 Å². The number of hydrogen-bond donors (Lipinski definition) is 2. The quantitative estimate of drug-likeness (QED) is 0.735. The zero-order chi connectivity index (χ0) is 20.2. The van der Waals surface area contributed by atoms with Crippen molar-refractivity contribution in [1.82, 2.24) is 15.5 Å². The minimum Gasteiger partial charge on any atom is -0.353 e. The van der Waals surface area contributed by atoms with Crippen LogP contribution in [0.5, 0.6) is 0 Å². The monoisotopic (exact) mass is 411 g/mol. The molecule has 1 aliphatic heterocycles. The highest BCUT2D eigenvalue weighted by Crippen LogP contribution is 2.27. The molecule has 154 valence electrons. The maximum atomic E-state index is 12.8. The molecular formula is C23H29N3O2S. The summed E-state index contributed by atoms with van der Waals surface area (Å²) in [6.07, 6.45) is 3.91. The number of likely N-dealkylation sites (tertiary alicyclic amines) is 1. The highest BCUT2D eigenvalue weighted by Gasteiger charge is 2.30. The molecule has 1 unspecified atom stereocenters. The van der Waals surface area contributed by atoms with Gasteiger partial charge in [-0.1, -0.05) is 35.9 Å². The Bertz CT molecular complexity index is 822. The van der Waals surface area contributed by atoms with Crippen molar-refractivity contribution in [1.29, 1.82) is 0 Å². The van der Waals surface area contributed by atoms with Crippen LogP contribution in [0.1, 0.15) is 47.7 Å². The number of nitrogens with zero attached hydrogens (tertiary/aromatic N) is 1. The van der Waals surface area contributed by atoms with Gasteiger partial charge in [0.25, 0.3) is 0 Å². The molecule has 2 aromatic rings. The molecule has 0 spiro atoms. The van der Waals surface area contributed by atoms with Crippen LogP contribution < -0.4 is 10.6 Å². The molecule has 1 aromatic heterocycles. The lowest BCUT2D eigenvalue weighted by Gasteiger charge is -2.31. The summed E-state index contributed by atoms with van der Waals surface area (Å²) < 4.78 is 0. The third-order valence-electron chi connectivity index (χ3n) is 5.79. The zero-order valence-corrected chi connectivity index (χ0v) is 17.7. The average molecular weight is 412 g/mol. The number of rotatable bonds is 7. The minimum atomic E-state index is -0.120. The average Bonchev–Trinajstić information content (AvgIpc) is 3.36. The summed E-state index contributed by atoms with van der Waals surface area (Å²) in [6.45, 7) is 4.04. The summed E-state index contributed by atoms with van der Waals surface area (Å²) in [5.74, 6) is 0.333. The summed E-state index contributed by atoms with van der Waals surface area (Å²) in [4.78, 5) is 28.3. The number of carbonyl (C=O) groups excluding carboxylic acids is 2. The first-order valence-electron chi connectivity index (χ1n) is 10.5. The maximum absolute atomic E-state index is 12.8. The van der Waals surface area contributed by atoms with E-state index < -0.39 is 0 Å². The van der Waals surface area contributed by atoms with Crippen LogP contribution >= 0.6 is 11.3 Å². The predicted octanol–water partition coefficient (Wildman–Crippen LogP) is 3.25. The van der Waals surface area contributed by atoms with Gasteiger partial charge in [0.05, 0.1) is 12.6 Å². The molecule has 1 aliphatic carbocycles. The lowest BCUT2D eigenvalue weighted by Crippen LogP contribution is -2.45. The molecule has 1 aromatic carbocycles. The van der Waals surface area contributed by atoms with Gasteiger partial charge < -0.3 is 10.6 Å². The molecule has 0 bridgehead atoms. The Morgan fingerprint density at radius 3 is 2.45 bits per heavy atom. The van der Waals surface area contributed by atoms with Gasteiger partial charge in [0.2, 0.25) is 11.8 Å². The van der Waals surface area contributed by atoms with E-state index in [0.717, 1.165) is 49.2 Å². The van der Waals surface area contributed by atoms with Gasteiger partial charge in [0.1, 0.15) is 0 Å². The molecule has 1 saturated heterocycles. The van der Waals surface area contributed by atoms with Gasteiger partial charge in [-0.05, 0) is 62.7 Å². The standard InChI is InChI=1S/C23H29N3O2S/c1-16-4-6-17(7-5-16)22(20-3-2-14-29-20)25-21(27)15-26-12-10-18(11-13-26)23(28)24-19-8-9-19/h2-7,14,18-19,22H,8-13,15H2,1H3,(H,24,28)(H,25,27). The van der Waals surface area contributed by atoms with Crippen molar-refractivity contribution in [2.45, 2.75) is 44.7 Å². The Labute approximate surface area is 176 Å². The second-order valence-electron chi connectivity index (χ2n) is 8.26. The lowest BCUT2D eigenvalue weighted by atomic mass is 9.96. The van der Waals surface area contributed by atoms with Crippen molar-refractivity contribution in [2.75, 3.05) is 19.6 Å². The first-order valence-corrected chi connectivity index (χ1v) is 11.4. The van der Waals surface area contributed by atoms with E-state index in [-0.39, 0.29) is 23.8 Å². The second-order valence-corrected chi connectivity index (χ2v) is 9.24. The lowest BCUT2D eigenvalue weighted by molar-refractivity contribution is -0.127. The number of aryl methyl sites for hydroxylation is 1. The second kappa shape index (κ2) is 9.09. The van der Waals surface area contributed by atoms with E-state index in [4.69, 9.17) is 0 Å². The number of thiophene rings is 1. The van der Waals surface area contributed by atoms with Crippen LogP contribution in [0.2, 0.25) is 0 Å². The predicted molar refractivity (Wildman–Crippen MR) is 116 cm³/mol. The summed E-state index contributed by atoms with van der Waals surface area (Å²) in [6, 6.07) is 12.7. The van der Waals surface area contributed by atoms with Gasteiger partial charge in [0.15, 0.2) is 0 Å². The third-order valence-corrected chi connectivity index (χ3v) is 6.73. The van der Waals surface area contributed by atoms with E-state index >= 15 is 0 Å².